The molecule has 0 N–H and O–H groups in total. The molecule has 0 aromatic heterocycles. The molecule has 3 rings (SSSR count). The molecule has 0 unspecified atom stereocenters. The van der Waals surface area contributed by atoms with Gasteiger partial charge in [-0.25, -0.2) is 0 Å². The minimum Gasteiger partial charge on any atom is -0.482 e. The van der Waals surface area contributed by atoms with E-state index in [1.165, 1.54) is 6.07 Å². The number of anilines is 1. The summed E-state index contributed by atoms with van der Waals surface area (Å²) in [5.41, 5.74) is 0.636. The van der Waals surface area contributed by atoms with Gasteiger partial charge in [-0.2, -0.15) is 0 Å². The number of carbonyl (C=O) groups excluding carboxylic acids is 1. The Bertz CT molecular complexity index is 854. The molecular weight excluding hydrogens is 393 g/mol. The van der Waals surface area contributed by atoms with Gasteiger partial charge in [-0.15, -0.1) is 0 Å². The smallest absolute Gasteiger partial charge is 0.292 e. The number of nitro groups is 1. The molecule has 1 aliphatic rings. The van der Waals surface area contributed by atoms with Crippen LogP contribution in [-0.4, -0.2) is 48.5 Å². The second kappa shape index (κ2) is 8.45. The van der Waals surface area contributed by atoms with E-state index in [-0.39, 0.29) is 18.2 Å². The Morgan fingerprint density at radius 1 is 1.11 bits per heavy atom. The Morgan fingerprint density at radius 3 is 2.48 bits per heavy atom. The number of benzene rings is 2. The fourth-order valence-electron chi connectivity index (χ4n) is 2.91. The van der Waals surface area contributed by atoms with Crippen LogP contribution in [0.2, 0.25) is 10.0 Å². The number of nitrogens with zero attached hydrogens (tertiary/aromatic N) is 3. The summed E-state index contributed by atoms with van der Waals surface area (Å²) in [6.45, 7) is 1.81. The van der Waals surface area contributed by atoms with Gasteiger partial charge in [0.1, 0.15) is 11.4 Å². The van der Waals surface area contributed by atoms with Crippen molar-refractivity contribution in [3.05, 3.63) is 62.6 Å². The summed E-state index contributed by atoms with van der Waals surface area (Å²) in [6.07, 6.45) is 0. The van der Waals surface area contributed by atoms with Gasteiger partial charge < -0.3 is 14.5 Å². The zero-order valence-electron chi connectivity index (χ0n) is 14.3. The van der Waals surface area contributed by atoms with Crippen molar-refractivity contribution in [2.24, 2.45) is 0 Å². The maximum Gasteiger partial charge on any atom is 0.292 e. The summed E-state index contributed by atoms with van der Waals surface area (Å²) in [5.74, 6) is 0.233. The minimum absolute atomic E-state index is 0.0676. The van der Waals surface area contributed by atoms with Crippen LogP contribution in [-0.2, 0) is 4.79 Å². The van der Waals surface area contributed by atoms with Crippen LogP contribution < -0.4 is 9.64 Å². The van der Waals surface area contributed by atoms with Crippen LogP contribution in [0.4, 0.5) is 11.4 Å². The molecule has 1 aliphatic heterocycles. The molecule has 142 valence electrons. The second-order valence-electron chi connectivity index (χ2n) is 5.98. The minimum atomic E-state index is -0.392. The number of piperazine rings is 1. The molecule has 2 aromatic carbocycles. The third-order valence-corrected chi connectivity index (χ3v) is 4.83. The molecule has 1 amide bonds. The van der Waals surface area contributed by atoms with Crippen molar-refractivity contribution in [1.29, 1.82) is 0 Å². The van der Waals surface area contributed by atoms with E-state index < -0.39 is 4.92 Å². The van der Waals surface area contributed by atoms with E-state index in [1.807, 2.05) is 4.90 Å². The number of para-hydroxylation sites is 2. The Balaban J connectivity index is 1.56. The van der Waals surface area contributed by atoms with Crippen LogP contribution in [0.5, 0.6) is 5.75 Å². The maximum absolute atomic E-state index is 12.4. The van der Waals surface area contributed by atoms with Gasteiger partial charge in [-0.3, -0.25) is 14.9 Å². The molecule has 9 heteroatoms. The second-order valence-corrected chi connectivity index (χ2v) is 6.82. The van der Waals surface area contributed by atoms with E-state index in [9.17, 15) is 14.9 Å². The van der Waals surface area contributed by atoms with Crippen molar-refractivity contribution in [3.63, 3.8) is 0 Å². The average molecular weight is 410 g/mol. The Hall–Kier alpha value is -2.51. The predicted octanol–water partition coefficient (Wildman–Crippen LogP) is 3.63. The van der Waals surface area contributed by atoms with Gasteiger partial charge in [0.25, 0.3) is 11.6 Å². The van der Waals surface area contributed by atoms with Gasteiger partial charge in [0.05, 0.1) is 9.95 Å². The predicted molar refractivity (Wildman–Crippen MR) is 104 cm³/mol. The van der Waals surface area contributed by atoms with Gasteiger partial charge in [-0.1, -0.05) is 35.3 Å². The third-order valence-electron chi connectivity index (χ3n) is 4.30. The van der Waals surface area contributed by atoms with E-state index in [0.29, 0.717) is 47.7 Å². The lowest BCUT2D eigenvalue weighted by Gasteiger charge is -2.35. The number of amides is 1. The van der Waals surface area contributed by atoms with E-state index in [0.717, 1.165) is 0 Å². The molecule has 27 heavy (non-hydrogen) atoms. The summed E-state index contributed by atoms with van der Waals surface area (Å²) < 4.78 is 5.48. The maximum atomic E-state index is 12.4. The van der Waals surface area contributed by atoms with E-state index in [1.54, 1.807) is 41.3 Å². The number of rotatable bonds is 5. The highest BCUT2D eigenvalue weighted by atomic mass is 35.5. The highest BCUT2D eigenvalue weighted by Crippen LogP contribution is 2.29. The fraction of sp³-hybridized carbons (Fsp3) is 0.278. The topological polar surface area (TPSA) is 75.9 Å². The zero-order chi connectivity index (χ0) is 19.4. The lowest BCUT2D eigenvalue weighted by Crippen LogP contribution is -2.50. The first kappa shape index (κ1) is 19.3. The van der Waals surface area contributed by atoms with Gasteiger partial charge in [0.2, 0.25) is 0 Å². The largest absolute Gasteiger partial charge is 0.482 e. The summed E-state index contributed by atoms with van der Waals surface area (Å²) in [5, 5.41) is 12.0. The van der Waals surface area contributed by atoms with Crippen LogP contribution in [0.25, 0.3) is 0 Å². The molecular formula is C18H17Cl2N3O4. The average Bonchev–Trinajstić information content (AvgIpc) is 2.67. The Morgan fingerprint density at radius 2 is 1.81 bits per heavy atom. The van der Waals surface area contributed by atoms with Crippen molar-refractivity contribution in [2.45, 2.75) is 0 Å². The molecule has 1 saturated heterocycles. The SMILES string of the molecule is O=C(COc1ccc(Cl)cc1Cl)N1CCN(c2ccccc2[N+](=O)[O-])CC1. The molecule has 0 radical (unpaired) electrons. The molecule has 0 spiro atoms. The first-order chi connectivity index (χ1) is 13.0. The van der Waals surface area contributed by atoms with Crippen molar-refractivity contribution in [2.75, 3.05) is 37.7 Å². The van der Waals surface area contributed by atoms with Crippen LogP contribution in [0.1, 0.15) is 0 Å². The van der Waals surface area contributed by atoms with Crippen LogP contribution in [0, 0.1) is 10.1 Å². The molecule has 0 bridgehead atoms. The molecule has 1 fully saturated rings. The molecule has 0 saturated carbocycles. The van der Waals surface area contributed by atoms with Crippen LogP contribution in [0.3, 0.4) is 0 Å². The summed E-state index contributed by atoms with van der Waals surface area (Å²) in [6, 6.07) is 11.4. The quantitative estimate of drug-likeness (QED) is 0.556. The highest BCUT2D eigenvalue weighted by Gasteiger charge is 2.25. The summed E-state index contributed by atoms with van der Waals surface area (Å²) in [4.78, 5) is 26.8. The number of halogens is 2. The zero-order valence-corrected chi connectivity index (χ0v) is 15.8. The lowest BCUT2D eigenvalue weighted by atomic mass is 10.2. The number of nitro benzene ring substituents is 1. The first-order valence-electron chi connectivity index (χ1n) is 8.29. The van der Waals surface area contributed by atoms with Gasteiger partial charge in [-0.05, 0) is 24.3 Å². The Kier molecular flexibility index (Phi) is 6.03. The van der Waals surface area contributed by atoms with Crippen molar-refractivity contribution in [1.82, 2.24) is 4.90 Å². The standard InChI is InChI=1S/C18H17Cl2N3O4/c19-13-5-6-17(14(20)11-13)27-12-18(24)22-9-7-21(8-10-22)15-3-1-2-4-16(15)23(25)26/h1-6,11H,7-10,12H2. The van der Waals surface area contributed by atoms with Crippen LogP contribution in [0.15, 0.2) is 42.5 Å². The Labute approximate surface area is 166 Å². The molecule has 7 nitrogen and oxygen atoms in total. The van der Waals surface area contributed by atoms with E-state index in [4.69, 9.17) is 27.9 Å². The molecule has 0 aliphatic carbocycles. The van der Waals surface area contributed by atoms with E-state index in [2.05, 4.69) is 0 Å². The van der Waals surface area contributed by atoms with Crippen molar-refractivity contribution < 1.29 is 14.5 Å². The van der Waals surface area contributed by atoms with Gasteiger partial charge in [0, 0.05) is 37.3 Å². The molecule has 0 atom stereocenters. The van der Waals surface area contributed by atoms with Gasteiger partial charge >= 0.3 is 0 Å². The molecule has 1 heterocycles. The van der Waals surface area contributed by atoms with Crippen LogP contribution >= 0.6 is 23.2 Å². The normalized spacial score (nSPS) is 14.1. The van der Waals surface area contributed by atoms with Gasteiger partial charge in [0.15, 0.2) is 6.61 Å². The monoisotopic (exact) mass is 409 g/mol. The number of hydrogen-bond acceptors (Lipinski definition) is 5. The summed E-state index contributed by atoms with van der Waals surface area (Å²) in [7, 11) is 0. The fourth-order valence-corrected chi connectivity index (χ4v) is 3.37. The molecule has 2 aromatic rings. The first-order valence-corrected chi connectivity index (χ1v) is 9.05. The number of carbonyl (C=O) groups is 1. The van der Waals surface area contributed by atoms with Crippen molar-refractivity contribution in [3.8, 4) is 5.75 Å². The third kappa shape index (κ3) is 4.61. The van der Waals surface area contributed by atoms with Crippen molar-refractivity contribution >= 4 is 40.5 Å². The number of hydrogen-bond donors (Lipinski definition) is 0. The number of ether oxygens (including phenoxy) is 1. The highest BCUT2D eigenvalue weighted by molar-refractivity contribution is 6.35. The lowest BCUT2D eigenvalue weighted by molar-refractivity contribution is -0.384. The summed E-state index contributed by atoms with van der Waals surface area (Å²) >= 11 is 11.9. The van der Waals surface area contributed by atoms with E-state index >= 15 is 0 Å².